The number of hydrogen-bond acceptors (Lipinski definition) is 6. The van der Waals surface area contributed by atoms with Gasteiger partial charge < -0.3 is 28.5 Å². The zero-order valence-electron chi connectivity index (χ0n) is 17.9. The Labute approximate surface area is 170 Å². The smallest absolute Gasteiger partial charge is 0.489 e. The normalized spacial score (nSPS) is 22.0. The van der Waals surface area contributed by atoms with Crippen molar-refractivity contribution in [1.29, 1.82) is 0 Å². The third-order valence-electron chi connectivity index (χ3n) is 4.95. The van der Waals surface area contributed by atoms with Crippen LogP contribution in [0.1, 0.15) is 59.8 Å². The molecular formula is C20H36B2O6. The maximum Gasteiger partial charge on any atom is 0.489 e. The van der Waals surface area contributed by atoms with Crippen LogP contribution in [-0.4, -0.2) is 58.0 Å². The first-order chi connectivity index (χ1) is 13.5. The van der Waals surface area contributed by atoms with Crippen LogP contribution in [0.3, 0.4) is 0 Å². The SMILES string of the molecule is CCCCCC(C)OC(C)/C=C(\C/C(O)=C\C(C)B1OCCO1)B1OCCO1. The van der Waals surface area contributed by atoms with Crippen LogP contribution in [0.15, 0.2) is 23.4 Å². The number of allylic oxidation sites excluding steroid dienone is 2. The van der Waals surface area contributed by atoms with Gasteiger partial charge in [0.05, 0.1) is 44.4 Å². The second-order valence-electron chi connectivity index (χ2n) is 7.77. The van der Waals surface area contributed by atoms with E-state index >= 15 is 0 Å². The molecule has 2 aliphatic heterocycles. The number of hydrogen-bond donors (Lipinski definition) is 1. The molecule has 0 aromatic rings. The molecule has 8 heteroatoms. The van der Waals surface area contributed by atoms with Gasteiger partial charge in [-0.25, -0.2) is 0 Å². The second kappa shape index (κ2) is 12.7. The number of ether oxygens (including phenoxy) is 1. The first kappa shape index (κ1) is 23.5. The fourth-order valence-electron chi connectivity index (χ4n) is 3.58. The van der Waals surface area contributed by atoms with Gasteiger partial charge in [-0.2, -0.15) is 0 Å². The first-order valence-corrected chi connectivity index (χ1v) is 10.7. The molecule has 2 aliphatic rings. The molecule has 28 heavy (non-hydrogen) atoms. The minimum atomic E-state index is -0.425. The minimum Gasteiger partial charge on any atom is -0.512 e. The zero-order valence-corrected chi connectivity index (χ0v) is 17.9. The van der Waals surface area contributed by atoms with Crippen LogP contribution in [0.2, 0.25) is 5.82 Å². The van der Waals surface area contributed by atoms with Gasteiger partial charge in [-0.3, -0.25) is 0 Å². The summed E-state index contributed by atoms with van der Waals surface area (Å²) in [5.74, 6) is 0.238. The average molecular weight is 394 g/mol. The summed E-state index contributed by atoms with van der Waals surface area (Å²) in [7, 11) is -0.717. The van der Waals surface area contributed by atoms with Crippen molar-refractivity contribution in [1.82, 2.24) is 0 Å². The molecule has 3 unspecified atom stereocenters. The lowest BCUT2D eigenvalue weighted by Gasteiger charge is -2.19. The summed E-state index contributed by atoms with van der Waals surface area (Å²) in [5.41, 5.74) is 0.889. The molecular weight excluding hydrogens is 358 g/mol. The highest BCUT2D eigenvalue weighted by Crippen LogP contribution is 2.24. The Hall–Kier alpha value is -0.790. The van der Waals surface area contributed by atoms with Gasteiger partial charge in [-0.05, 0) is 31.8 Å². The van der Waals surface area contributed by atoms with Crippen LogP contribution >= 0.6 is 0 Å². The Morgan fingerprint density at radius 3 is 2.29 bits per heavy atom. The van der Waals surface area contributed by atoms with Crippen molar-refractivity contribution in [2.75, 3.05) is 26.4 Å². The van der Waals surface area contributed by atoms with E-state index in [1.807, 2.05) is 19.9 Å². The van der Waals surface area contributed by atoms with Crippen LogP contribution < -0.4 is 0 Å². The van der Waals surface area contributed by atoms with Gasteiger partial charge in [0, 0.05) is 12.2 Å². The van der Waals surface area contributed by atoms with Crippen LogP contribution in [0, 0.1) is 0 Å². The standard InChI is InChI=1S/C20H36B2O6/c1-5-6-7-8-17(3)28-18(4)14-19(22-26-11-12-27-22)15-20(23)13-16(2)21-24-9-10-25-21/h13-14,16-18,23H,5-12,15H2,1-4H3/b19-14+,20-13+. The number of aliphatic hydroxyl groups is 1. The molecule has 158 valence electrons. The summed E-state index contributed by atoms with van der Waals surface area (Å²) in [6.07, 6.45) is 8.98. The van der Waals surface area contributed by atoms with Gasteiger partial charge >= 0.3 is 14.2 Å². The largest absolute Gasteiger partial charge is 0.512 e. The summed E-state index contributed by atoms with van der Waals surface area (Å²) in [6, 6.07) is 0. The number of unbranched alkanes of at least 4 members (excludes halogenated alkanes) is 2. The van der Waals surface area contributed by atoms with E-state index in [2.05, 4.69) is 13.8 Å². The third kappa shape index (κ3) is 8.29. The molecule has 2 heterocycles. The van der Waals surface area contributed by atoms with Crippen molar-refractivity contribution in [3.63, 3.8) is 0 Å². The monoisotopic (exact) mass is 394 g/mol. The summed E-state index contributed by atoms with van der Waals surface area (Å²) in [4.78, 5) is 0. The second-order valence-corrected chi connectivity index (χ2v) is 7.77. The van der Waals surface area contributed by atoms with Crippen molar-refractivity contribution < 1.29 is 28.5 Å². The van der Waals surface area contributed by atoms with E-state index in [4.69, 9.17) is 23.4 Å². The zero-order chi connectivity index (χ0) is 20.4. The Bertz CT molecular complexity index is 501. The van der Waals surface area contributed by atoms with Gasteiger partial charge in [0.2, 0.25) is 0 Å². The molecule has 0 amide bonds. The first-order valence-electron chi connectivity index (χ1n) is 10.7. The maximum absolute atomic E-state index is 10.5. The van der Waals surface area contributed by atoms with Crippen LogP contribution in [0.25, 0.3) is 0 Å². The van der Waals surface area contributed by atoms with Crippen molar-refractivity contribution in [2.24, 2.45) is 0 Å². The highest BCUT2D eigenvalue weighted by molar-refractivity contribution is 6.54. The summed E-state index contributed by atoms with van der Waals surface area (Å²) >= 11 is 0. The highest BCUT2D eigenvalue weighted by Gasteiger charge is 2.32. The predicted molar refractivity (Wildman–Crippen MR) is 112 cm³/mol. The van der Waals surface area contributed by atoms with E-state index in [1.54, 1.807) is 6.08 Å². The van der Waals surface area contributed by atoms with Gasteiger partial charge in [0.25, 0.3) is 0 Å². The van der Waals surface area contributed by atoms with E-state index in [0.717, 1.165) is 11.9 Å². The lowest BCUT2D eigenvalue weighted by molar-refractivity contribution is 0.0277. The van der Waals surface area contributed by atoms with Gasteiger partial charge in [0.15, 0.2) is 0 Å². The summed E-state index contributed by atoms with van der Waals surface area (Å²) < 4.78 is 28.5. The van der Waals surface area contributed by atoms with E-state index in [9.17, 15) is 5.11 Å². The highest BCUT2D eigenvalue weighted by atomic mass is 16.6. The Kier molecular flexibility index (Phi) is 10.7. The molecule has 0 spiro atoms. The number of aliphatic hydroxyl groups excluding tert-OH is 1. The molecule has 0 aliphatic carbocycles. The molecule has 2 saturated heterocycles. The topological polar surface area (TPSA) is 66.4 Å². The molecule has 0 saturated carbocycles. The average Bonchev–Trinajstić information content (AvgIpc) is 3.35. The van der Waals surface area contributed by atoms with Gasteiger partial charge in [0.1, 0.15) is 0 Å². The molecule has 2 rings (SSSR count). The fraction of sp³-hybridized carbons (Fsp3) is 0.800. The fourth-order valence-corrected chi connectivity index (χ4v) is 3.58. The van der Waals surface area contributed by atoms with E-state index < -0.39 is 7.12 Å². The number of rotatable bonds is 12. The van der Waals surface area contributed by atoms with Crippen molar-refractivity contribution >= 4 is 14.2 Å². The van der Waals surface area contributed by atoms with Gasteiger partial charge in [-0.15, -0.1) is 0 Å². The quantitative estimate of drug-likeness (QED) is 0.305. The van der Waals surface area contributed by atoms with Crippen LogP contribution in [-0.2, 0) is 23.4 Å². The lowest BCUT2D eigenvalue weighted by atomic mass is 9.71. The van der Waals surface area contributed by atoms with Gasteiger partial charge in [-0.1, -0.05) is 39.2 Å². The summed E-state index contributed by atoms with van der Waals surface area (Å²) in [5, 5.41) is 10.5. The minimum absolute atomic E-state index is 0.0265. The van der Waals surface area contributed by atoms with Crippen LogP contribution in [0.5, 0.6) is 0 Å². The predicted octanol–water partition coefficient (Wildman–Crippen LogP) is 4.12. The molecule has 0 bridgehead atoms. The summed E-state index contributed by atoms with van der Waals surface area (Å²) in [6.45, 7) is 10.6. The Morgan fingerprint density at radius 2 is 1.64 bits per heavy atom. The van der Waals surface area contributed by atoms with Crippen LogP contribution in [0.4, 0.5) is 0 Å². The molecule has 6 nitrogen and oxygen atoms in total. The molecule has 0 radical (unpaired) electrons. The Balaban J connectivity index is 1.95. The Morgan fingerprint density at radius 1 is 1.00 bits per heavy atom. The van der Waals surface area contributed by atoms with E-state index in [0.29, 0.717) is 32.8 Å². The molecule has 0 aromatic carbocycles. The van der Waals surface area contributed by atoms with Crippen molar-refractivity contribution in [2.45, 2.75) is 77.8 Å². The van der Waals surface area contributed by atoms with E-state index in [-0.39, 0.29) is 30.9 Å². The molecule has 3 atom stereocenters. The van der Waals surface area contributed by atoms with Crippen molar-refractivity contribution in [3.8, 4) is 0 Å². The molecule has 0 aromatic heterocycles. The van der Waals surface area contributed by atoms with Crippen molar-refractivity contribution in [3.05, 3.63) is 23.4 Å². The molecule has 1 N–H and O–H groups in total. The maximum atomic E-state index is 10.5. The molecule has 2 fully saturated rings. The van der Waals surface area contributed by atoms with E-state index in [1.165, 1.54) is 19.3 Å². The lowest BCUT2D eigenvalue weighted by Crippen LogP contribution is -2.23. The third-order valence-corrected chi connectivity index (χ3v) is 4.95.